The van der Waals surface area contributed by atoms with Gasteiger partial charge in [-0.1, -0.05) is 38.1 Å². The van der Waals surface area contributed by atoms with Gasteiger partial charge in [0, 0.05) is 0 Å². The average molecular weight is 204 g/mol. The van der Waals surface area contributed by atoms with Gasteiger partial charge in [0.25, 0.3) is 0 Å². The first kappa shape index (κ1) is 10.2. The molecule has 2 rings (SSSR count). The molecule has 0 aliphatic carbocycles. The lowest BCUT2D eigenvalue weighted by molar-refractivity contribution is -0.139. The summed E-state index contributed by atoms with van der Waals surface area (Å²) in [6.07, 6.45) is 0.819. The summed E-state index contributed by atoms with van der Waals surface area (Å²) in [5, 5.41) is 0. The Bertz CT molecular complexity index is 351. The number of esters is 1. The molecule has 1 aliphatic heterocycles. The summed E-state index contributed by atoms with van der Waals surface area (Å²) < 4.78 is 4.96. The highest BCUT2D eigenvalue weighted by atomic mass is 16.5. The molecule has 1 aromatic rings. The maximum atomic E-state index is 11.4. The zero-order chi connectivity index (χ0) is 10.8. The average Bonchev–Trinajstić information content (AvgIpc) is 2.65. The molecule has 0 saturated carbocycles. The van der Waals surface area contributed by atoms with Crippen molar-refractivity contribution in [3.63, 3.8) is 0 Å². The van der Waals surface area contributed by atoms with E-state index in [1.807, 2.05) is 12.1 Å². The SMILES string of the molecule is CC(C)c1ccc(C2CCOC2=O)cc1. The molecule has 1 aromatic carbocycles. The number of ether oxygens (including phenoxy) is 1. The monoisotopic (exact) mass is 204 g/mol. The lowest BCUT2D eigenvalue weighted by Gasteiger charge is -2.09. The van der Waals surface area contributed by atoms with Gasteiger partial charge in [-0.2, -0.15) is 0 Å². The third-order valence-corrected chi connectivity index (χ3v) is 2.94. The topological polar surface area (TPSA) is 26.3 Å². The molecule has 0 radical (unpaired) electrons. The van der Waals surface area contributed by atoms with Crippen LogP contribution in [0.2, 0.25) is 0 Å². The van der Waals surface area contributed by atoms with Crippen molar-refractivity contribution in [1.29, 1.82) is 0 Å². The first-order valence-corrected chi connectivity index (χ1v) is 5.45. The fourth-order valence-electron chi connectivity index (χ4n) is 1.91. The first-order chi connectivity index (χ1) is 7.18. The van der Waals surface area contributed by atoms with Crippen molar-refractivity contribution in [3.8, 4) is 0 Å². The minimum absolute atomic E-state index is 0.0359. The van der Waals surface area contributed by atoms with Crippen LogP contribution in [0, 0.1) is 0 Å². The van der Waals surface area contributed by atoms with Crippen LogP contribution in [0.5, 0.6) is 0 Å². The van der Waals surface area contributed by atoms with E-state index in [1.54, 1.807) is 0 Å². The zero-order valence-corrected chi connectivity index (χ0v) is 9.19. The van der Waals surface area contributed by atoms with Gasteiger partial charge in [0.15, 0.2) is 0 Å². The lowest BCUT2D eigenvalue weighted by atomic mass is 9.94. The summed E-state index contributed by atoms with van der Waals surface area (Å²) >= 11 is 0. The standard InChI is InChI=1S/C13H16O2/c1-9(2)10-3-5-11(6-4-10)12-7-8-15-13(12)14/h3-6,9,12H,7-8H2,1-2H3. The fourth-order valence-corrected chi connectivity index (χ4v) is 1.91. The molecule has 1 heterocycles. The van der Waals surface area contributed by atoms with Crippen LogP contribution in [0.25, 0.3) is 0 Å². The molecule has 0 amide bonds. The van der Waals surface area contributed by atoms with Crippen molar-refractivity contribution in [2.75, 3.05) is 6.61 Å². The molecule has 0 spiro atoms. The molecule has 80 valence electrons. The number of carbonyl (C=O) groups excluding carboxylic acids is 1. The first-order valence-electron chi connectivity index (χ1n) is 5.45. The van der Waals surface area contributed by atoms with Crippen molar-refractivity contribution in [2.24, 2.45) is 0 Å². The highest BCUT2D eigenvalue weighted by Crippen LogP contribution is 2.27. The van der Waals surface area contributed by atoms with Crippen LogP contribution in [-0.2, 0) is 9.53 Å². The second kappa shape index (κ2) is 4.05. The van der Waals surface area contributed by atoms with Crippen molar-refractivity contribution < 1.29 is 9.53 Å². The van der Waals surface area contributed by atoms with E-state index < -0.39 is 0 Å². The number of hydrogen-bond donors (Lipinski definition) is 0. The quantitative estimate of drug-likeness (QED) is 0.692. The number of benzene rings is 1. The molecule has 1 fully saturated rings. The van der Waals surface area contributed by atoms with Gasteiger partial charge in [0.1, 0.15) is 0 Å². The maximum absolute atomic E-state index is 11.4. The number of carbonyl (C=O) groups is 1. The minimum Gasteiger partial charge on any atom is -0.465 e. The Morgan fingerprint density at radius 3 is 2.40 bits per heavy atom. The number of hydrogen-bond acceptors (Lipinski definition) is 2. The van der Waals surface area contributed by atoms with Crippen molar-refractivity contribution >= 4 is 5.97 Å². The highest BCUT2D eigenvalue weighted by molar-refractivity contribution is 5.79. The molecule has 0 N–H and O–H groups in total. The molecule has 2 nitrogen and oxygen atoms in total. The normalized spacial score (nSPS) is 20.7. The number of rotatable bonds is 2. The summed E-state index contributed by atoms with van der Waals surface area (Å²) in [6.45, 7) is 4.90. The third kappa shape index (κ3) is 2.04. The molecule has 15 heavy (non-hydrogen) atoms. The summed E-state index contributed by atoms with van der Waals surface area (Å²) in [4.78, 5) is 11.4. The Morgan fingerprint density at radius 1 is 1.27 bits per heavy atom. The Kier molecular flexibility index (Phi) is 2.76. The third-order valence-electron chi connectivity index (χ3n) is 2.94. The summed E-state index contributed by atoms with van der Waals surface area (Å²) in [5.74, 6) is 0.424. The second-order valence-corrected chi connectivity index (χ2v) is 4.33. The predicted octanol–water partition coefficient (Wildman–Crippen LogP) is 2.84. The van der Waals surface area contributed by atoms with Crippen LogP contribution in [0.1, 0.15) is 43.2 Å². The van der Waals surface area contributed by atoms with Crippen LogP contribution in [0.3, 0.4) is 0 Å². The van der Waals surface area contributed by atoms with Gasteiger partial charge in [0.05, 0.1) is 12.5 Å². The summed E-state index contributed by atoms with van der Waals surface area (Å²) in [5.41, 5.74) is 2.40. The van der Waals surface area contributed by atoms with Crippen LogP contribution in [-0.4, -0.2) is 12.6 Å². The van der Waals surface area contributed by atoms with E-state index >= 15 is 0 Å². The van der Waals surface area contributed by atoms with Crippen molar-refractivity contribution in [1.82, 2.24) is 0 Å². The molecule has 0 bridgehead atoms. The van der Waals surface area contributed by atoms with Gasteiger partial charge in [-0.3, -0.25) is 4.79 Å². The Labute approximate surface area is 90.3 Å². The van der Waals surface area contributed by atoms with Gasteiger partial charge in [-0.05, 0) is 23.5 Å². The van der Waals surface area contributed by atoms with Crippen LogP contribution >= 0.6 is 0 Å². The molecule has 1 unspecified atom stereocenters. The van der Waals surface area contributed by atoms with E-state index in [1.165, 1.54) is 5.56 Å². The molecular weight excluding hydrogens is 188 g/mol. The van der Waals surface area contributed by atoms with Gasteiger partial charge in [-0.15, -0.1) is 0 Å². The van der Waals surface area contributed by atoms with Crippen molar-refractivity contribution in [3.05, 3.63) is 35.4 Å². The number of cyclic esters (lactones) is 1. The minimum atomic E-state index is -0.0766. The Balaban J connectivity index is 2.19. The predicted molar refractivity (Wildman–Crippen MR) is 58.8 cm³/mol. The zero-order valence-electron chi connectivity index (χ0n) is 9.19. The van der Waals surface area contributed by atoms with Gasteiger partial charge in [-0.25, -0.2) is 0 Å². The molecule has 1 saturated heterocycles. The van der Waals surface area contributed by atoms with Crippen LogP contribution in [0.15, 0.2) is 24.3 Å². The van der Waals surface area contributed by atoms with Crippen molar-refractivity contribution in [2.45, 2.75) is 32.1 Å². The molecule has 1 atom stereocenters. The van der Waals surface area contributed by atoms with Gasteiger partial charge >= 0.3 is 5.97 Å². The summed E-state index contributed by atoms with van der Waals surface area (Å²) in [7, 11) is 0. The Hall–Kier alpha value is -1.31. The molecule has 2 heteroatoms. The van der Waals surface area contributed by atoms with E-state index in [-0.39, 0.29) is 11.9 Å². The van der Waals surface area contributed by atoms with Gasteiger partial charge in [0.2, 0.25) is 0 Å². The molecular formula is C13H16O2. The molecule has 1 aliphatic rings. The van der Waals surface area contributed by atoms with E-state index in [9.17, 15) is 4.79 Å². The largest absolute Gasteiger partial charge is 0.465 e. The second-order valence-electron chi connectivity index (χ2n) is 4.33. The van der Waals surface area contributed by atoms with Gasteiger partial charge < -0.3 is 4.74 Å². The molecule has 0 aromatic heterocycles. The van der Waals surface area contributed by atoms with E-state index in [0.717, 1.165) is 12.0 Å². The van der Waals surface area contributed by atoms with Crippen LogP contribution in [0.4, 0.5) is 0 Å². The smallest absolute Gasteiger partial charge is 0.313 e. The van der Waals surface area contributed by atoms with E-state index in [4.69, 9.17) is 4.74 Å². The highest BCUT2D eigenvalue weighted by Gasteiger charge is 2.27. The maximum Gasteiger partial charge on any atom is 0.313 e. The van der Waals surface area contributed by atoms with Crippen LogP contribution < -0.4 is 0 Å². The van der Waals surface area contributed by atoms with E-state index in [2.05, 4.69) is 26.0 Å². The fraction of sp³-hybridized carbons (Fsp3) is 0.462. The lowest BCUT2D eigenvalue weighted by Crippen LogP contribution is -2.05. The van der Waals surface area contributed by atoms with E-state index in [0.29, 0.717) is 12.5 Å². The summed E-state index contributed by atoms with van der Waals surface area (Å²) in [6, 6.07) is 8.30. The Morgan fingerprint density at radius 2 is 1.93 bits per heavy atom.